The van der Waals surface area contributed by atoms with Gasteiger partial charge < -0.3 is 15.3 Å². The Labute approximate surface area is 164 Å². The minimum absolute atomic E-state index is 0.0590. The van der Waals surface area contributed by atoms with Crippen LogP contribution in [0.1, 0.15) is 49.3 Å². The first kappa shape index (κ1) is 17.4. The lowest BCUT2D eigenvalue weighted by molar-refractivity contribution is -0.152. The van der Waals surface area contributed by atoms with E-state index in [9.17, 15) is 14.7 Å². The van der Waals surface area contributed by atoms with Gasteiger partial charge in [0.2, 0.25) is 5.91 Å². The zero-order valence-electron chi connectivity index (χ0n) is 15.7. The second-order valence-corrected chi connectivity index (χ2v) is 8.27. The van der Waals surface area contributed by atoms with Crippen molar-refractivity contribution in [2.45, 2.75) is 49.2 Å². The summed E-state index contributed by atoms with van der Waals surface area (Å²) in [5.41, 5.74) is 0.585. The summed E-state index contributed by atoms with van der Waals surface area (Å²) in [7, 11) is 0. The Morgan fingerprint density at radius 3 is 2.43 bits per heavy atom. The van der Waals surface area contributed by atoms with E-state index in [4.69, 9.17) is 0 Å². The number of anilines is 1. The van der Waals surface area contributed by atoms with E-state index in [-0.39, 0.29) is 11.8 Å². The second-order valence-electron chi connectivity index (χ2n) is 8.27. The average Bonchev–Trinajstić information content (AvgIpc) is 3.40. The molecule has 1 aliphatic carbocycles. The first-order chi connectivity index (χ1) is 13.6. The number of para-hydroxylation sites is 1. The third kappa shape index (κ3) is 2.29. The van der Waals surface area contributed by atoms with E-state index < -0.39 is 17.1 Å². The Morgan fingerprint density at radius 1 is 1.00 bits per heavy atom. The molecule has 5 heteroatoms. The van der Waals surface area contributed by atoms with Gasteiger partial charge in [-0.1, -0.05) is 48.5 Å². The molecule has 5 rings (SSSR count). The van der Waals surface area contributed by atoms with Crippen molar-refractivity contribution in [3.63, 3.8) is 0 Å². The van der Waals surface area contributed by atoms with E-state index in [1.165, 1.54) is 0 Å². The Kier molecular flexibility index (Phi) is 3.85. The van der Waals surface area contributed by atoms with Crippen LogP contribution in [0.5, 0.6) is 0 Å². The van der Waals surface area contributed by atoms with Crippen LogP contribution in [0, 0.1) is 0 Å². The van der Waals surface area contributed by atoms with E-state index in [2.05, 4.69) is 5.32 Å². The van der Waals surface area contributed by atoms with Crippen LogP contribution in [0.15, 0.2) is 54.6 Å². The summed E-state index contributed by atoms with van der Waals surface area (Å²) in [5, 5.41) is 14.0. The van der Waals surface area contributed by atoms with E-state index in [0.717, 1.165) is 29.7 Å². The standard InChI is InChI=1S/C23H24N2O3/c26-20-23(17-10-4-5-11-18(17)24-20)14-15-25(19(23)16-8-2-1-3-9-16)21(27)22(28)12-6-7-13-22/h1-5,8-11,19,28H,6-7,12-15H2,(H,24,26). The van der Waals surface area contributed by atoms with Gasteiger partial charge in [0.25, 0.3) is 5.91 Å². The van der Waals surface area contributed by atoms with Gasteiger partial charge in [-0.05, 0) is 49.3 Å². The summed E-state index contributed by atoms with van der Waals surface area (Å²) < 4.78 is 0. The van der Waals surface area contributed by atoms with E-state index in [0.29, 0.717) is 25.8 Å². The first-order valence-electron chi connectivity index (χ1n) is 10.1. The molecular weight excluding hydrogens is 352 g/mol. The topological polar surface area (TPSA) is 69.6 Å². The maximum Gasteiger partial charge on any atom is 0.255 e. The summed E-state index contributed by atoms with van der Waals surface area (Å²) in [6.45, 7) is 0.461. The molecule has 2 atom stereocenters. The van der Waals surface area contributed by atoms with Crippen molar-refractivity contribution < 1.29 is 14.7 Å². The molecule has 28 heavy (non-hydrogen) atoms. The molecule has 2 fully saturated rings. The molecule has 5 nitrogen and oxygen atoms in total. The smallest absolute Gasteiger partial charge is 0.255 e. The molecule has 2 amide bonds. The quantitative estimate of drug-likeness (QED) is 0.846. The van der Waals surface area contributed by atoms with Crippen molar-refractivity contribution in [3.05, 3.63) is 65.7 Å². The number of rotatable bonds is 2. The van der Waals surface area contributed by atoms with Crippen molar-refractivity contribution in [1.29, 1.82) is 0 Å². The maximum atomic E-state index is 13.5. The lowest BCUT2D eigenvalue weighted by Gasteiger charge is -2.37. The fraction of sp³-hybridized carbons (Fsp3) is 0.391. The van der Waals surface area contributed by atoms with Crippen molar-refractivity contribution in [1.82, 2.24) is 4.90 Å². The SMILES string of the molecule is O=C(N1CCC2(C(=O)Nc3ccccc32)C1c1ccccc1)C1(O)CCCC1. The van der Waals surface area contributed by atoms with Gasteiger partial charge in [-0.25, -0.2) is 0 Å². The molecule has 3 aliphatic rings. The fourth-order valence-electron chi connectivity index (χ4n) is 5.45. The minimum atomic E-state index is -1.30. The van der Waals surface area contributed by atoms with Crippen molar-refractivity contribution in [3.8, 4) is 0 Å². The predicted octanol–water partition coefficient (Wildman–Crippen LogP) is 3.16. The van der Waals surface area contributed by atoms with Crippen molar-refractivity contribution in [2.24, 2.45) is 0 Å². The predicted molar refractivity (Wildman–Crippen MR) is 106 cm³/mol. The molecule has 1 saturated carbocycles. The normalized spacial score (nSPS) is 27.8. The minimum Gasteiger partial charge on any atom is -0.380 e. The zero-order valence-corrected chi connectivity index (χ0v) is 15.7. The Balaban J connectivity index is 1.65. The number of hydrogen-bond donors (Lipinski definition) is 2. The molecule has 1 spiro atoms. The zero-order chi connectivity index (χ0) is 19.4. The lowest BCUT2D eigenvalue weighted by atomic mass is 9.72. The Morgan fingerprint density at radius 2 is 1.68 bits per heavy atom. The highest BCUT2D eigenvalue weighted by atomic mass is 16.3. The van der Waals surface area contributed by atoms with Crippen LogP contribution in [0.3, 0.4) is 0 Å². The number of amides is 2. The average molecular weight is 376 g/mol. The van der Waals surface area contributed by atoms with Gasteiger partial charge in [0.15, 0.2) is 0 Å². The van der Waals surface area contributed by atoms with Gasteiger partial charge in [0, 0.05) is 12.2 Å². The van der Waals surface area contributed by atoms with E-state index >= 15 is 0 Å². The maximum absolute atomic E-state index is 13.5. The molecular formula is C23H24N2O3. The number of benzene rings is 2. The van der Waals surface area contributed by atoms with Crippen LogP contribution in [0.4, 0.5) is 5.69 Å². The molecule has 2 unspecified atom stereocenters. The van der Waals surface area contributed by atoms with Gasteiger partial charge in [0.05, 0.1) is 6.04 Å². The Hall–Kier alpha value is -2.66. The molecule has 2 aliphatic heterocycles. The molecule has 2 heterocycles. The summed E-state index contributed by atoms with van der Waals surface area (Å²) in [5.74, 6) is -0.288. The highest BCUT2D eigenvalue weighted by Gasteiger charge is 2.61. The van der Waals surface area contributed by atoms with Crippen LogP contribution >= 0.6 is 0 Å². The molecule has 2 aromatic carbocycles. The Bertz CT molecular complexity index is 936. The third-order valence-electron chi connectivity index (χ3n) is 6.79. The number of nitrogens with zero attached hydrogens (tertiary/aromatic N) is 1. The fourth-order valence-corrected chi connectivity index (χ4v) is 5.45. The highest BCUT2D eigenvalue weighted by molar-refractivity contribution is 6.08. The molecule has 0 radical (unpaired) electrons. The molecule has 144 valence electrons. The highest BCUT2D eigenvalue weighted by Crippen LogP contribution is 2.55. The number of likely N-dealkylation sites (tertiary alicyclic amines) is 1. The van der Waals surface area contributed by atoms with Gasteiger partial charge >= 0.3 is 0 Å². The van der Waals surface area contributed by atoms with E-state index in [1.807, 2.05) is 54.6 Å². The lowest BCUT2D eigenvalue weighted by Crippen LogP contribution is -2.50. The van der Waals surface area contributed by atoms with Gasteiger partial charge in [-0.3, -0.25) is 9.59 Å². The monoisotopic (exact) mass is 376 g/mol. The number of carbonyl (C=O) groups is 2. The summed E-state index contributed by atoms with van der Waals surface area (Å²) >= 11 is 0. The molecule has 0 bridgehead atoms. The van der Waals surface area contributed by atoms with E-state index in [1.54, 1.807) is 4.90 Å². The molecule has 2 N–H and O–H groups in total. The number of nitrogens with one attached hydrogen (secondary N) is 1. The first-order valence-corrected chi connectivity index (χ1v) is 10.1. The van der Waals surface area contributed by atoms with Crippen LogP contribution in [0.25, 0.3) is 0 Å². The summed E-state index contributed by atoms with van der Waals surface area (Å²) in [6.07, 6.45) is 3.28. The summed E-state index contributed by atoms with van der Waals surface area (Å²) in [6, 6.07) is 17.1. The number of aliphatic hydroxyl groups is 1. The number of carbonyl (C=O) groups excluding carboxylic acids is 2. The van der Waals surface area contributed by atoms with Gasteiger partial charge in [-0.15, -0.1) is 0 Å². The molecule has 2 aromatic rings. The van der Waals surface area contributed by atoms with Crippen molar-refractivity contribution in [2.75, 3.05) is 11.9 Å². The number of hydrogen-bond acceptors (Lipinski definition) is 3. The third-order valence-corrected chi connectivity index (χ3v) is 6.79. The number of fused-ring (bicyclic) bond motifs is 2. The largest absolute Gasteiger partial charge is 0.380 e. The second kappa shape index (κ2) is 6.17. The van der Waals surface area contributed by atoms with Crippen LogP contribution in [0.2, 0.25) is 0 Å². The van der Waals surface area contributed by atoms with Crippen LogP contribution in [-0.4, -0.2) is 34.0 Å². The van der Waals surface area contributed by atoms with Crippen LogP contribution in [-0.2, 0) is 15.0 Å². The van der Waals surface area contributed by atoms with Crippen molar-refractivity contribution >= 4 is 17.5 Å². The summed E-state index contributed by atoms with van der Waals surface area (Å²) in [4.78, 5) is 28.5. The van der Waals surface area contributed by atoms with Gasteiger partial charge in [-0.2, -0.15) is 0 Å². The van der Waals surface area contributed by atoms with Crippen LogP contribution < -0.4 is 5.32 Å². The molecule has 0 aromatic heterocycles. The molecule has 1 saturated heterocycles. The van der Waals surface area contributed by atoms with Gasteiger partial charge in [0.1, 0.15) is 11.0 Å².